The Morgan fingerprint density at radius 2 is 1.82 bits per heavy atom. The summed E-state index contributed by atoms with van der Waals surface area (Å²) in [5.74, 6) is -0.583. The maximum Gasteiger partial charge on any atom is 0.416 e. The number of benzene rings is 1. The molecular formula is C19H23F3N2O4. The first-order valence-electron chi connectivity index (χ1n) is 9.03. The number of carbonyl (C=O) groups is 2. The molecule has 0 aliphatic carbocycles. The number of likely N-dealkylation sites (tertiary alicyclic amines) is 1. The average Bonchev–Trinajstić information content (AvgIpc) is 2.90. The molecule has 2 amide bonds. The first-order chi connectivity index (χ1) is 12.9. The van der Waals surface area contributed by atoms with Gasteiger partial charge in [0.2, 0.25) is 5.91 Å². The first kappa shape index (κ1) is 20.4. The molecule has 1 N–H and O–H groups in total. The van der Waals surface area contributed by atoms with Crippen LogP contribution in [0.25, 0.3) is 0 Å². The van der Waals surface area contributed by atoms with Crippen LogP contribution in [-0.4, -0.2) is 52.8 Å². The molecule has 0 saturated carbocycles. The van der Waals surface area contributed by atoms with Crippen LogP contribution in [0.4, 0.5) is 23.7 Å². The molecule has 2 bridgehead atoms. The van der Waals surface area contributed by atoms with Crippen molar-refractivity contribution in [2.45, 2.75) is 51.1 Å². The van der Waals surface area contributed by atoms with E-state index < -0.39 is 41.4 Å². The molecule has 3 unspecified atom stereocenters. The van der Waals surface area contributed by atoms with Gasteiger partial charge >= 0.3 is 12.3 Å². The van der Waals surface area contributed by atoms with E-state index in [1.54, 1.807) is 20.8 Å². The van der Waals surface area contributed by atoms with Crippen LogP contribution in [0.15, 0.2) is 24.3 Å². The standard InChI is InChI=1S/C19H23F3N2O4/c1-18(2,3)28-17(27)24-14-8-11(15(24)10-25)9-23(16(14)26)13-6-4-12(5-7-13)19(20,21)22/h4-7,11,14-15,25H,8-10H2,1-3H3. The quantitative estimate of drug-likeness (QED) is 0.829. The number of alkyl halides is 3. The molecule has 3 rings (SSSR count). The zero-order valence-electron chi connectivity index (χ0n) is 15.9. The summed E-state index contributed by atoms with van der Waals surface area (Å²) in [6.07, 6.45) is -4.75. The van der Waals surface area contributed by atoms with Gasteiger partial charge in [0.05, 0.1) is 18.2 Å². The minimum Gasteiger partial charge on any atom is -0.444 e. The van der Waals surface area contributed by atoms with Gasteiger partial charge in [-0.2, -0.15) is 13.2 Å². The second-order valence-electron chi connectivity index (χ2n) is 8.14. The topological polar surface area (TPSA) is 70.1 Å². The van der Waals surface area contributed by atoms with Gasteiger partial charge < -0.3 is 14.7 Å². The summed E-state index contributed by atoms with van der Waals surface area (Å²) < 4.78 is 43.7. The fourth-order valence-electron chi connectivity index (χ4n) is 3.81. The summed E-state index contributed by atoms with van der Waals surface area (Å²) in [6.45, 7) is 5.01. The van der Waals surface area contributed by atoms with Crippen molar-refractivity contribution in [3.8, 4) is 0 Å². The van der Waals surface area contributed by atoms with Crippen LogP contribution in [0, 0.1) is 5.92 Å². The van der Waals surface area contributed by atoms with E-state index in [1.165, 1.54) is 21.9 Å². The van der Waals surface area contributed by atoms with E-state index in [0.717, 1.165) is 12.1 Å². The average molecular weight is 400 g/mol. The number of carbonyl (C=O) groups excluding carboxylic acids is 2. The zero-order chi connectivity index (χ0) is 20.9. The van der Waals surface area contributed by atoms with Crippen molar-refractivity contribution in [1.29, 1.82) is 0 Å². The number of halogens is 3. The van der Waals surface area contributed by atoms with Gasteiger partial charge in [0.25, 0.3) is 0 Å². The number of amides is 2. The fraction of sp³-hybridized carbons (Fsp3) is 0.579. The van der Waals surface area contributed by atoms with Crippen LogP contribution < -0.4 is 4.90 Å². The van der Waals surface area contributed by atoms with Gasteiger partial charge in [0.1, 0.15) is 11.6 Å². The van der Waals surface area contributed by atoms with Crippen molar-refractivity contribution in [2.75, 3.05) is 18.1 Å². The van der Waals surface area contributed by atoms with Crippen LogP contribution in [0.3, 0.4) is 0 Å². The van der Waals surface area contributed by atoms with Crippen molar-refractivity contribution >= 4 is 17.7 Å². The zero-order valence-corrected chi connectivity index (χ0v) is 15.9. The smallest absolute Gasteiger partial charge is 0.416 e. The number of hydrogen-bond donors (Lipinski definition) is 1. The summed E-state index contributed by atoms with van der Waals surface area (Å²) >= 11 is 0. The molecule has 1 aromatic rings. The number of nitrogens with zero attached hydrogens (tertiary/aromatic N) is 2. The predicted octanol–water partition coefficient (Wildman–Crippen LogP) is 3.04. The van der Waals surface area contributed by atoms with Crippen LogP contribution in [0.5, 0.6) is 0 Å². The molecule has 28 heavy (non-hydrogen) atoms. The molecular weight excluding hydrogens is 377 g/mol. The number of aliphatic hydroxyl groups is 1. The molecule has 2 saturated heterocycles. The third-order valence-corrected chi connectivity index (χ3v) is 5.03. The third kappa shape index (κ3) is 3.80. The van der Waals surface area contributed by atoms with E-state index in [9.17, 15) is 27.9 Å². The normalized spacial score (nSPS) is 25.2. The summed E-state index contributed by atoms with van der Waals surface area (Å²) in [6, 6.07) is 2.95. The van der Waals surface area contributed by atoms with Crippen LogP contribution >= 0.6 is 0 Å². The van der Waals surface area contributed by atoms with Crippen molar-refractivity contribution in [3.63, 3.8) is 0 Å². The van der Waals surface area contributed by atoms with Crippen molar-refractivity contribution in [1.82, 2.24) is 4.90 Å². The number of piperidine rings is 1. The Bertz CT molecular complexity index is 758. The Hall–Kier alpha value is -2.29. The number of fused-ring (bicyclic) bond motifs is 2. The maximum atomic E-state index is 13.0. The molecule has 1 aromatic carbocycles. The van der Waals surface area contributed by atoms with Crippen LogP contribution in [0.2, 0.25) is 0 Å². The number of hydrogen-bond acceptors (Lipinski definition) is 4. The van der Waals surface area contributed by atoms with Crippen LogP contribution in [0.1, 0.15) is 32.8 Å². The lowest BCUT2D eigenvalue weighted by Gasteiger charge is -2.33. The monoisotopic (exact) mass is 400 g/mol. The molecule has 0 aromatic heterocycles. The summed E-state index contributed by atoms with van der Waals surface area (Å²) in [5.41, 5.74) is -1.23. The molecule has 0 spiro atoms. The molecule has 2 heterocycles. The summed E-state index contributed by atoms with van der Waals surface area (Å²) in [7, 11) is 0. The fourth-order valence-corrected chi connectivity index (χ4v) is 3.81. The van der Waals surface area contributed by atoms with E-state index in [-0.39, 0.29) is 19.1 Å². The molecule has 154 valence electrons. The van der Waals surface area contributed by atoms with Crippen molar-refractivity contribution in [2.24, 2.45) is 5.92 Å². The number of ether oxygens (including phenoxy) is 1. The summed E-state index contributed by atoms with van der Waals surface area (Å²) in [5, 5.41) is 9.80. The minimum absolute atomic E-state index is 0.192. The summed E-state index contributed by atoms with van der Waals surface area (Å²) in [4.78, 5) is 28.3. The molecule has 0 radical (unpaired) electrons. The second kappa shape index (κ2) is 6.95. The Morgan fingerprint density at radius 1 is 1.21 bits per heavy atom. The largest absolute Gasteiger partial charge is 0.444 e. The molecule has 2 fully saturated rings. The SMILES string of the molecule is CC(C)(C)OC(=O)N1C2CC(CN(c3ccc(C(F)(F)F)cc3)C2=O)C1CO. The van der Waals surface area contributed by atoms with Gasteiger partial charge in [-0.25, -0.2) is 4.79 Å². The molecule has 2 aliphatic heterocycles. The predicted molar refractivity (Wildman–Crippen MR) is 94.6 cm³/mol. The van der Waals surface area contributed by atoms with E-state index >= 15 is 0 Å². The van der Waals surface area contributed by atoms with Crippen molar-refractivity contribution < 1.29 is 32.6 Å². The molecule has 3 atom stereocenters. The van der Waals surface area contributed by atoms with Crippen LogP contribution in [-0.2, 0) is 15.7 Å². The highest BCUT2D eigenvalue weighted by Crippen LogP contribution is 2.39. The Morgan fingerprint density at radius 3 is 2.32 bits per heavy atom. The van der Waals surface area contributed by atoms with E-state index in [0.29, 0.717) is 12.1 Å². The highest BCUT2D eigenvalue weighted by molar-refractivity contribution is 6.00. The molecule has 6 nitrogen and oxygen atoms in total. The van der Waals surface area contributed by atoms with Crippen molar-refractivity contribution in [3.05, 3.63) is 29.8 Å². The number of rotatable bonds is 2. The Kier molecular flexibility index (Phi) is 5.07. The van der Waals surface area contributed by atoms with Gasteiger partial charge in [0.15, 0.2) is 0 Å². The minimum atomic E-state index is -4.46. The Labute approximate surface area is 160 Å². The molecule has 2 aliphatic rings. The third-order valence-electron chi connectivity index (χ3n) is 5.03. The van der Waals surface area contributed by atoms with E-state index in [1.807, 2.05) is 0 Å². The lowest BCUT2D eigenvalue weighted by molar-refractivity contribution is -0.137. The van der Waals surface area contributed by atoms with E-state index in [2.05, 4.69) is 0 Å². The number of aliphatic hydroxyl groups excluding tert-OH is 1. The maximum absolute atomic E-state index is 13.0. The van der Waals surface area contributed by atoms with E-state index in [4.69, 9.17) is 4.74 Å². The van der Waals surface area contributed by atoms with Gasteiger partial charge in [-0.3, -0.25) is 9.69 Å². The number of anilines is 1. The lowest BCUT2D eigenvalue weighted by Crippen LogP contribution is -2.51. The van der Waals surface area contributed by atoms with Gasteiger partial charge in [0, 0.05) is 18.2 Å². The van der Waals surface area contributed by atoms with Gasteiger partial charge in [-0.05, 0) is 51.5 Å². The van der Waals surface area contributed by atoms with Gasteiger partial charge in [-0.1, -0.05) is 0 Å². The highest BCUT2D eigenvalue weighted by Gasteiger charge is 2.53. The first-order valence-corrected chi connectivity index (χ1v) is 9.03. The Balaban J connectivity index is 1.86. The second-order valence-corrected chi connectivity index (χ2v) is 8.14. The molecule has 9 heteroatoms. The van der Waals surface area contributed by atoms with Gasteiger partial charge in [-0.15, -0.1) is 0 Å². The lowest BCUT2D eigenvalue weighted by atomic mass is 9.94. The highest BCUT2D eigenvalue weighted by atomic mass is 19.4.